The third-order valence-corrected chi connectivity index (χ3v) is 6.25. The molecule has 0 spiro atoms. The summed E-state index contributed by atoms with van der Waals surface area (Å²) in [7, 11) is 0. The molecule has 0 radical (unpaired) electrons. The Labute approximate surface area is 192 Å². The number of carbonyl (C=O) groups excluding carboxylic acids is 2. The molecule has 33 heavy (non-hydrogen) atoms. The third-order valence-electron chi connectivity index (χ3n) is 6.25. The van der Waals surface area contributed by atoms with Gasteiger partial charge < -0.3 is 10.2 Å². The summed E-state index contributed by atoms with van der Waals surface area (Å²) in [6.07, 6.45) is 1.85. The highest BCUT2D eigenvalue weighted by Gasteiger charge is 2.37. The molecule has 4 aromatic rings. The van der Waals surface area contributed by atoms with Gasteiger partial charge in [0.2, 0.25) is 11.8 Å². The van der Waals surface area contributed by atoms with E-state index < -0.39 is 5.92 Å². The number of benzene rings is 2. The molecule has 1 aliphatic rings. The van der Waals surface area contributed by atoms with Crippen LogP contribution in [0.25, 0.3) is 16.7 Å². The molecule has 1 aliphatic heterocycles. The zero-order valence-electron chi connectivity index (χ0n) is 18.6. The van der Waals surface area contributed by atoms with Crippen LogP contribution in [0.4, 0.5) is 5.69 Å². The number of hydrogen-bond acceptors (Lipinski definition) is 4. The maximum absolute atomic E-state index is 13.0. The summed E-state index contributed by atoms with van der Waals surface area (Å²) in [5.41, 5.74) is 4.15. The second-order valence-electron chi connectivity index (χ2n) is 8.45. The quantitative estimate of drug-likeness (QED) is 0.503. The van der Waals surface area contributed by atoms with E-state index in [4.69, 9.17) is 0 Å². The lowest BCUT2D eigenvalue weighted by Crippen LogP contribution is -2.30. The molecule has 2 aromatic carbocycles. The molecule has 2 aromatic heterocycles. The fourth-order valence-corrected chi connectivity index (χ4v) is 4.40. The number of fused-ring (bicyclic) bond motifs is 1. The van der Waals surface area contributed by atoms with Gasteiger partial charge in [0.15, 0.2) is 5.65 Å². The van der Waals surface area contributed by atoms with Crippen molar-refractivity contribution in [3.8, 4) is 5.69 Å². The maximum atomic E-state index is 13.0. The number of para-hydroxylation sites is 1. The van der Waals surface area contributed by atoms with Gasteiger partial charge in [-0.25, -0.2) is 9.67 Å². The molecule has 0 aliphatic carbocycles. The first kappa shape index (κ1) is 20.9. The molecule has 7 heteroatoms. The molecule has 166 valence electrons. The molecular formula is C26H25N5O2. The van der Waals surface area contributed by atoms with E-state index in [1.165, 1.54) is 0 Å². The van der Waals surface area contributed by atoms with Crippen molar-refractivity contribution in [1.29, 1.82) is 0 Å². The van der Waals surface area contributed by atoms with E-state index in [-0.39, 0.29) is 24.3 Å². The number of likely N-dealkylation sites (tertiary alicyclic amines) is 1. The molecule has 7 nitrogen and oxygen atoms in total. The van der Waals surface area contributed by atoms with Gasteiger partial charge in [-0.2, -0.15) is 5.10 Å². The first-order valence-corrected chi connectivity index (χ1v) is 11.1. The second-order valence-corrected chi connectivity index (χ2v) is 8.45. The van der Waals surface area contributed by atoms with Gasteiger partial charge >= 0.3 is 0 Å². The Morgan fingerprint density at radius 1 is 1.09 bits per heavy atom. The number of aryl methyl sites for hydroxylation is 1. The topological polar surface area (TPSA) is 80.1 Å². The SMILES string of the molecule is Cc1nn(-c2ccccc2)c2ncc(NC(=O)C3CC(=O)N(C(C)c4ccccc4)C3)cc12. The number of aromatic nitrogens is 3. The minimum atomic E-state index is -0.396. The summed E-state index contributed by atoms with van der Waals surface area (Å²) in [6.45, 7) is 4.33. The summed E-state index contributed by atoms with van der Waals surface area (Å²) in [6, 6.07) is 21.5. The molecule has 0 saturated carbocycles. The van der Waals surface area contributed by atoms with E-state index in [1.807, 2.05) is 80.6 Å². The summed E-state index contributed by atoms with van der Waals surface area (Å²) >= 11 is 0. The van der Waals surface area contributed by atoms with Crippen LogP contribution in [0.3, 0.4) is 0 Å². The number of anilines is 1. The molecule has 5 rings (SSSR count). The van der Waals surface area contributed by atoms with E-state index in [2.05, 4.69) is 15.4 Å². The highest BCUT2D eigenvalue weighted by Crippen LogP contribution is 2.29. The molecule has 0 bridgehead atoms. The average Bonchev–Trinajstić information content (AvgIpc) is 3.40. The lowest BCUT2D eigenvalue weighted by molar-refractivity contribution is -0.129. The number of hydrogen-bond donors (Lipinski definition) is 1. The van der Waals surface area contributed by atoms with Gasteiger partial charge in [0, 0.05) is 18.4 Å². The Kier molecular flexibility index (Phi) is 5.38. The van der Waals surface area contributed by atoms with Crippen LogP contribution in [0.2, 0.25) is 0 Å². The molecule has 3 heterocycles. The van der Waals surface area contributed by atoms with Crippen LogP contribution in [0, 0.1) is 12.8 Å². The van der Waals surface area contributed by atoms with E-state index >= 15 is 0 Å². The predicted octanol–water partition coefficient (Wildman–Crippen LogP) is 4.28. The van der Waals surface area contributed by atoms with Crippen molar-refractivity contribution in [2.45, 2.75) is 26.3 Å². The minimum absolute atomic E-state index is 0.0000575. The zero-order chi connectivity index (χ0) is 22.9. The van der Waals surface area contributed by atoms with Gasteiger partial charge in [-0.3, -0.25) is 9.59 Å². The molecule has 2 amide bonds. The normalized spacial score (nSPS) is 16.8. The van der Waals surface area contributed by atoms with Crippen molar-refractivity contribution in [1.82, 2.24) is 19.7 Å². The summed E-state index contributed by atoms with van der Waals surface area (Å²) in [4.78, 5) is 32.0. The second kappa shape index (κ2) is 8.50. The summed E-state index contributed by atoms with van der Waals surface area (Å²) in [5.74, 6) is -0.562. The van der Waals surface area contributed by atoms with Crippen LogP contribution in [-0.2, 0) is 9.59 Å². The predicted molar refractivity (Wildman–Crippen MR) is 127 cm³/mol. The van der Waals surface area contributed by atoms with E-state index in [9.17, 15) is 9.59 Å². The Morgan fingerprint density at radius 2 is 1.79 bits per heavy atom. The van der Waals surface area contributed by atoms with Gasteiger partial charge in [-0.05, 0) is 37.6 Å². The summed E-state index contributed by atoms with van der Waals surface area (Å²) in [5, 5.41) is 8.44. The van der Waals surface area contributed by atoms with Crippen LogP contribution in [0.15, 0.2) is 72.9 Å². The Bertz CT molecular complexity index is 1320. The molecule has 1 N–H and O–H groups in total. The van der Waals surface area contributed by atoms with Crippen LogP contribution in [-0.4, -0.2) is 38.0 Å². The van der Waals surface area contributed by atoms with Gasteiger partial charge in [0.05, 0.1) is 35.2 Å². The smallest absolute Gasteiger partial charge is 0.229 e. The van der Waals surface area contributed by atoms with Crippen LogP contribution in [0.1, 0.15) is 30.6 Å². The number of nitrogens with one attached hydrogen (secondary N) is 1. The van der Waals surface area contributed by atoms with Crippen molar-refractivity contribution in [3.05, 3.63) is 84.2 Å². The number of pyridine rings is 1. The molecular weight excluding hydrogens is 414 g/mol. The van der Waals surface area contributed by atoms with E-state index in [1.54, 1.807) is 15.8 Å². The summed E-state index contributed by atoms with van der Waals surface area (Å²) < 4.78 is 1.80. The Hall–Kier alpha value is -4.00. The lowest BCUT2D eigenvalue weighted by Gasteiger charge is -2.25. The molecule has 2 unspecified atom stereocenters. The van der Waals surface area contributed by atoms with Gasteiger partial charge in [-0.15, -0.1) is 0 Å². The van der Waals surface area contributed by atoms with Gasteiger partial charge in [0.25, 0.3) is 0 Å². The Morgan fingerprint density at radius 3 is 2.52 bits per heavy atom. The fraction of sp³-hybridized carbons (Fsp3) is 0.231. The number of nitrogens with zero attached hydrogens (tertiary/aromatic N) is 4. The fourth-order valence-electron chi connectivity index (χ4n) is 4.40. The van der Waals surface area contributed by atoms with Crippen LogP contribution in [0.5, 0.6) is 0 Å². The number of amides is 2. The maximum Gasteiger partial charge on any atom is 0.229 e. The minimum Gasteiger partial charge on any atom is -0.335 e. The van der Waals surface area contributed by atoms with Crippen LogP contribution >= 0.6 is 0 Å². The van der Waals surface area contributed by atoms with E-state index in [0.717, 1.165) is 28.0 Å². The number of rotatable bonds is 5. The first-order valence-electron chi connectivity index (χ1n) is 11.1. The van der Waals surface area contributed by atoms with Crippen molar-refractivity contribution >= 4 is 28.5 Å². The molecule has 1 saturated heterocycles. The van der Waals surface area contributed by atoms with E-state index in [0.29, 0.717) is 12.2 Å². The average molecular weight is 440 g/mol. The standard InChI is InChI=1S/C26H25N5O2/c1-17-23-14-21(15-27-25(23)31(29-17)22-11-7-4-8-12-22)28-26(33)20-13-24(32)30(16-20)18(2)19-9-5-3-6-10-19/h3-12,14-15,18,20H,13,16H2,1-2H3,(H,28,33). The van der Waals surface area contributed by atoms with Crippen molar-refractivity contribution < 1.29 is 9.59 Å². The van der Waals surface area contributed by atoms with Crippen molar-refractivity contribution in [2.75, 3.05) is 11.9 Å². The zero-order valence-corrected chi connectivity index (χ0v) is 18.6. The van der Waals surface area contributed by atoms with Crippen molar-refractivity contribution in [2.24, 2.45) is 5.92 Å². The number of carbonyl (C=O) groups is 2. The first-order chi connectivity index (χ1) is 16.0. The Balaban J connectivity index is 1.32. The van der Waals surface area contributed by atoms with Gasteiger partial charge in [0.1, 0.15) is 0 Å². The van der Waals surface area contributed by atoms with Crippen molar-refractivity contribution in [3.63, 3.8) is 0 Å². The highest BCUT2D eigenvalue weighted by atomic mass is 16.2. The highest BCUT2D eigenvalue weighted by molar-refractivity contribution is 5.98. The lowest BCUT2D eigenvalue weighted by atomic mass is 10.1. The third kappa shape index (κ3) is 3.98. The molecule has 1 fully saturated rings. The molecule has 2 atom stereocenters. The monoisotopic (exact) mass is 439 g/mol. The largest absolute Gasteiger partial charge is 0.335 e. The van der Waals surface area contributed by atoms with Crippen LogP contribution < -0.4 is 5.32 Å². The van der Waals surface area contributed by atoms with Gasteiger partial charge in [-0.1, -0.05) is 48.5 Å².